The Hall–Kier alpha value is -5.73. The van der Waals surface area contributed by atoms with Crippen LogP contribution in [0.1, 0.15) is 132 Å². The Bertz CT molecular complexity index is 2660. The van der Waals surface area contributed by atoms with Gasteiger partial charge in [0.25, 0.3) is 10.0 Å². The molecule has 1 saturated carbocycles. The van der Waals surface area contributed by atoms with Crippen molar-refractivity contribution in [3.05, 3.63) is 69.3 Å². The first-order valence-electron chi connectivity index (χ1n) is 26.2. The number of amides is 6. The molecule has 0 bridgehead atoms. The van der Waals surface area contributed by atoms with E-state index in [0.29, 0.717) is 111 Å². The smallest absolute Gasteiger partial charge is 0.264 e. The first-order valence-corrected chi connectivity index (χ1v) is 28.1. The van der Waals surface area contributed by atoms with Crippen molar-refractivity contribution in [2.75, 3.05) is 26.2 Å². The number of nitrogens with zero attached hydrogens (tertiary/aromatic N) is 3. The van der Waals surface area contributed by atoms with Gasteiger partial charge in [0.05, 0.1) is 10.9 Å². The number of nitrogens with two attached hydrogens (primary N) is 2. The lowest BCUT2D eigenvalue weighted by atomic mass is 9.75. The molecule has 21 heteroatoms. The lowest BCUT2D eigenvalue weighted by Gasteiger charge is -2.43. The van der Waals surface area contributed by atoms with Crippen LogP contribution in [0.15, 0.2) is 46.3 Å². The topological polar surface area (TPSA) is 277 Å². The summed E-state index contributed by atoms with van der Waals surface area (Å²) >= 11 is 6.55. The second kappa shape index (κ2) is 23.9. The molecule has 1 spiro atoms. The van der Waals surface area contributed by atoms with Crippen molar-refractivity contribution >= 4 is 63.0 Å². The Labute approximate surface area is 440 Å². The summed E-state index contributed by atoms with van der Waals surface area (Å²) in [6, 6.07) is 2.17. The highest BCUT2D eigenvalue weighted by Crippen LogP contribution is 2.44. The molecule has 4 heterocycles. The normalized spacial score (nSPS) is 25.9. The molecule has 1 aliphatic carbocycles. The summed E-state index contributed by atoms with van der Waals surface area (Å²) in [5.41, 5.74) is 14.0. The van der Waals surface area contributed by atoms with Gasteiger partial charge in [0.1, 0.15) is 41.1 Å². The number of benzene rings is 2. The Balaban J connectivity index is 1.10. The van der Waals surface area contributed by atoms with Crippen LogP contribution in [0.3, 0.4) is 0 Å². The standard InChI is InChI=1S/C53H75ClN10O9S/c1-32-33(2)44(34(3)36-31-52(4,5)73-43(32)36)74(71,72)62-51(56)58-27-14-21-39-48(68)63-28-15-22-41(63)46(66)57-26-13-9-7-6-8-10-20-38(55)45(65)59-40(30-35-18-11-12-19-37(35)54)49(69)64-29-16-23-42(64)47(67)61-53(24-17-25-53)50(70)60-39/h6-7,11-12,18-19,38-42H,8-10,13-17,20-31,55H2,1-5H3,(H,57,66)(H,59,65)(H,60,70)(H,61,67)(H3,56,58,62)/b7-6+/t38-,39-,40-,41-,42-/m0/s1. The summed E-state index contributed by atoms with van der Waals surface area (Å²) in [7, 11) is -4.19. The minimum absolute atomic E-state index is 0.0210. The number of fused-ring (bicyclic) bond motifs is 3. The van der Waals surface area contributed by atoms with Gasteiger partial charge in [0.15, 0.2) is 0 Å². The number of nitrogens with one attached hydrogen (secondary N) is 5. The molecule has 7 rings (SSSR count). The van der Waals surface area contributed by atoms with E-state index in [4.69, 9.17) is 27.8 Å². The summed E-state index contributed by atoms with van der Waals surface area (Å²) in [5, 5.41) is 12.2. The van der Waals surface area contributed by atoms with Crippen LogP contribution in [0.2, 0.25) is 5.02 Å². The fourth-order valence-electron chi connectivity index (χ4n) is 10.9. The minimum atomic E-state index is -4.19. The maximum atomic E-state index is 14.6. The number of carbonyl (C=O) groups is 6. The molecule has 9 N–H and O–H groups in total. The van der Waals surface area contributed by atoms with Gasteiger partial charge >= 0.3 is 0 Å². The first kappa shape index (κ1) is 56.0. The van der Waals surface area contributed by atoms with E-state index in [1.807, 2.05) is 32.9 Å². The number of allylic oxidation sites excluding steroid dienone is 2. The average Bonchev–Trinajstić information content (AvgIpc) is 4.11. The van der Waals surface area contributed by atoms with E-state index < -0.39 is 80.9 Å². The highest BCUT2D eigenvalue weighted by Gasteiger charge is 2.50. The van der Waals surface area contributed by atoms with Gasteiger partial charge in [-0.1, -0.05) is 42.0 Å². The Kier molecular flexibility index (Phi) is 18.1. The second-order valence-corrected chi connectivity index (χ2v) is 23.2. The number of guanidine groups is 1. The fraction of sp³-hybridized carbons (Fsp3) is 0.604. The van der Waals surface area contributed by atoms with Crippen molar-refractivity contribution < 1.29 is 41.9 Å². The van der Waals surface area contributed by atoms with Crippen LogP contribution >= 0.6 is 11.6 Å². The number of carbonyl (C=O) groups excluding carboxylic acids is 6. The molecule has 2 aromatic rings. The Morgan fingerprint density at radius 2 is 1.47 bits per heavy atom. The zero-order valence-electron chi connectivity index (χ0n) is 43.4. The van der Waals surface area contributed by atoms with E-state index >= 15 is 0 Å². The monoisotopic (exact) mass is 1060 g/mol. The van der Waals surface area contributed by atoms with Crippen molar-refractivity contribution in [2.24, 2.45) is 16.5 Å². The summed E-state index contributed by atoms with van der Waals surface area (Å²) in [4.78, 5) is 92.8. The number of rotatable bonds is 8. The molecule has 0 aromatic heterocycles. The van der Waals surface area contributed by atoms with E-state index in [-0.39, 0.29) is 62.0 Å². The molecule has 74 heavy (non-hydrogen) atoms. The molecule has 404 valence electrons. The van der Waals surface area contributed by atoms with Crippen molar-refractivity contribution in [3.63, 3.8) is 0 Å². The molecule has 3 fully saturated rings. The van der Waals surface area contributed by atoms with E-state index in [2.05, 4.69) is 31.0 Å². The lowest BCUT2D eigenvalue weighted by molar-refractivity contribution is -0.146. The lowest BCUT2D eigenvalue weighted by Crippen LogP contribution is -2.67. The summed E-state index contributed by atoms with van der Waals surface area (Å²) in [6.45, 7) is 10.1. The van der Waals surface area contributed by atoms with Gasteiger partial charge in [-0.25, -0.2) is 13.1 Å². The van der Waals surface area contributed by atoms with Gasteiger partial charge in [0, 0.05) is 49.6 Å². The molecule has 5 aliphatic rings. The molecular formula is C53H75ClN10O9S. The largest absolute Gasteiger partial charge is 0.487 e. The summed E-state index contributed by atoms with van der Waals surface area (Å²) in [6.07, 6.45) is 10.8. The van der Waals surface area contributed by atoms with Crippen molar-refractivity contribution in [2.45, 2.75) is 184 Å². The van der Waals surface area contributed by atoms with E-state index in [9.17, 15) is 37.2 Å². The highest BCUT2D eigenvalue weighted by molar-refractivity contribution is 7.90. The van der Waals surface area contributed by atoms with Crippen LogP contribution in [-0.4, -0.2) is 127 Å². The number of halogens is 1. The zero-order chi connectivity index (χ0) is 53.5. The average molecular weight is 1060 g/mol. The molecular weight excluding hydrogens is 988 g/mol. The molecule has 0 unspecified atom stereocenters. The third-order valence-electron chi connectivity index (χ3n) is 15.2. The third-order valence-corrected chi connectivity index (χ3v) is 17.2. The molecule has 6 amide bonds. The van der Waals surface area contributed by atoms with E-state index in [0.717, 1.165) is 11.1 Å². The molecule has 2 aromatic carbocycles. The quantitative estimate of drug-likeness (QED) is 0.0869. The molecule has 2 saturated heterocycles. The molecule has 19 nitrogen and oxygen atoms in total. The van der Waals surface area contributed by atoms with Gasteiger partial charge in [-0.2, -0.15) is 0 Å². The van der Waals surface area contributed by atoms with Gasteiger partial charge in [-0.3, -0.25) is 33.8 Å². The highest BCUT2D eigenvalue weighted by atomic mass is 35.5. The van der Waals surface area contributed by atoms with E-state index in [1.54, 1.807) is 38.1 Å². The van der Waals surface area contributed by atoms with Crippen molar-refractivity contribution in [3.8, 4) is 5.75 Å². The van der Waals surface area contributed by atoms with E-state index in [1.165, 1.54) is 9.80 Å². The summed E-state index contributed by atoms with van der Waals surface area (Å²) < 4.78 is 36.4. The minimum Gasteiger partial charge on any atom is -0.487 e. The third kappa shape index (κ3) is 12.8. The number of hydrogen-bond donors (Lipinski definition) is 7. The van der Waals surface area contributed by atoms with Crippen molar-refractivity contribution in [1.29, 1.82) is 0 Å². The van der Waals surface area contributed by atoms with Crippen LogP contribution in [0.4, 0.5) is 0 Å². The number of ether oxygens (including phenoxy) is 1. The van der Waals surface area contributed by atoms with Gasteiger partial charge < -0.3 is 47.3 Å². The fourth-order valence-corrected chi connectivity index (χ4v) is 12.7. The predicted octanol–water partition coefficient (Wildman–Crippen LogP) is 3.55. The van der Waals surface area contributed by atoms with Crippen LogP contribution in [0, 0.1) is 20.8 Å². The zero-order valence-corrected chi connectivity index (χ0v) is 45.0. The molecule has 0 radical (unpaired) electrons. The van der Waals surface area contributed by atoms with Crippen LogP contribution < -0.4 is 42.2 Å². The van der Waals surface area contributed by atoms with Gasteiger partial charge in [-0.05, 0) is 153 Å². The molecule has 5 atom stereocenters. The predicted molar refractivity (Wildman–Crippen MR) is 282 cm³/mol. The van der Waals surface area contributed by atoms with Crippen LogP contribution in [-0.2, 0) is 51.6 Å². The summed E-state index contributed by atoms with van der Waals surface area (Å²) in [5.74, 6) is -2.52. The Morgan fingerprint density at radius 3 is 2.14 bits per heavy atom. The van der Waals surface area contributed by atoms with Gasteiger partial charge in [-0.15, -0.1) is 0 Å². The van der Waals surface area contributed by atoms with Crippen LogP contribution in [0.25, 0.3) is 0 Å². The van der Waals surface area contributed by atoms with Gasteiger partial charge in [0.2, 0.25) is 41.4 Å². The van der Waals surface area contributed by atoms with Crippen molar-refractivity contribution in [1.82, 2.24) is 35.8 Å². The number of aliphatic imine (C=N–C) groups is 1. The Morgan fingerprint density at radius 1 is 0.824 bits per heavy atom. The number of hydrogen-bond acceptors (Lipinski definition) is 11. The molecule has 4 aliphatic heterocycles. The maximum absolute atomic E-state index is 14.6. The number of sulfonamides is 1. The van der Waals surface area contributed by atoms with Crippen LogP contribution in [0.5, 0.6) is 5.75 Å². The second-order valence-electron chi connectivity index (χ2n) is 21.2. The maximum Gasteiger partial charge on any atom is 0.264 e. The first-order chi connectivity index (χ1) is 35.1. The SMILES string of the molecule is Cc1c(C)c(S(=O)(=O)NC(N)=NCCC[C@@H]2NC(=O)C3(CCC3)NC(=O)[C@@H]3CCCN3C(=O)[C@H](Cc3ccccc3Cl)NC(=O)[C@@H](N)CCC/C=C/CCCNC(=O)[C@@H]3CCCN3C2=O)c(C)c2c1OC(C)(C)C2.